The summed E-state index contributed by atoms with van der Waals surface area (Å²) in [6, 6.07) is -0.381. The molecule has 0 aromatic rings. The van der Waals surface area contributed by atoms with Crippen molar-refractivity contribution in [2.75, 3.05) is 19.7 Å². The number of ether oxygens (including phenoxy) is 1. The van der Waals surface area contributed by atoms with Crippen LogP contribution in [0.3, 0.4) is 0 Å². The maximum Gasteiger partial charge on any atom is 0.239 e. The number of morpholine rings is 1. The van der Waals surface area contributed by atoms with E-state index in [1.54, 1.807) is 6.92 Å². The number of hydrogen-bond acceptors (Lipinski definition) is 3. The van der Waals surface area contributed by atoms with Gasteiger partial charge in [0, 0.05) is 13.1 Å². The highest BCUT2D eigenvalue weighted by Gasteiger charge is 2.48. The van der Waals surface area contributed by atoms with Crippen LogP contribution in [0.25, 0.3) is 0 Å². The Balaban J connectivity index is 0.000000980. The molecule has 2 N–H and O–H groups in total. The Labute approximate surface area is 90.2 Å². The normalized spacial score (nSPS) is 25.4. The second-order valence-corrected chi connectivity index (χ2v) is 4.08. The van der Waals surface area contributed by atoms with Gasteiger partial charge >= 0.3 is 0 Å². The highest BCUT2D eigenvalue weighted by molar-refractivity contribution is 5.85. The fourth-order valence-electron chi connectivity index (χ4n) is 1.76. The van der Waals surface area contributed by atoms with Gasteiger partial charge in [-0.1, -0.05) is 0 Å². The van der Waals surface area contributed by atoms with Crippen LogP contribution in [0, 0.1) is 0 Å². The molecule has 1 atom stereocenters. The summed E-state index contributed by atoms with van der Waals surface area (Å²) in [4.78, 5) is 13.4. The third-order valence-electron chi connectivity index (χ3n) is 2.76. The fourth-order valence-corrected chi connectivity index (χ4v) is 1.76. The summed E-state index contributed by atoms with van der Waals surface area (Å²) >= 11 is 0. The van der Waals surface area contributed by atoms with E-state index in [0.717, 1.165) is 19.4 Å². The zero-order valence-electron chi connectivity index (χ0n) is 8.36. The first-order valence-electron chi connectivity index (χ1n) is 4.81. The van der Waals surface area contributed by atoms with E-state index < -0.39 is 0 Å². The van der Waals surface area contributed by atoms with Gasteiger partial charge in [-0.3, -0.25) is 4.79 Å². The molecule has 1 saturated carbocycles. The van der Waals surface area contributed by atoms with Crippen molar-refractivity contribution in [1.29, 1.82) is 0 Å². The molecule has 0 aromatic carbocycles. The predicted octanol–water partition coefficient (Wildman–Crippen LogP) is 0.147. The molecule has 1 aliphatic heterocycles. The SMILES string of the molecule is C[C@@H](N)C(=O)N1CCOC2(CC2)C1.Cl. The van der Waals surface area contributed by atoms with Crippen LogP contribution in [0.5, 0.6) is 0 Å². The van der Waals surface area contributed by atoms with Crippen LogP contribution in [-0.2, 0) is 9.53 Å². The Bertz CT molecular complexity index is 229. The Kier molecular flexibility index (Phi) is 3.40. The lowest BCUT2D eigenvalue weighted by atomic mass is 10.2. The van der Waals surface area contributed by atoms with Crippen molar-refractivity contribution in [1.82, 2.24) is 4.90 Å². The maximum atomic E-state index is 11.6. The van der Waals surface area contributed by atoms with Gasteiger partial charge in [-0.2, -0.15) is 0 Å². The van der Waals surface area contributed by atoms with E-state index in [1.807, 2.05) is 4.90 Å². The van der Waals surface area contributed by atoms with Crippen LogP contribution in [0.4, 0.5) is 0 Å². The lowest BCUT2D eigenvalue weighted by molar-refractivity contribution is -0.141. The first-order valence-corrected chi connectivity index (χ1v) is 4.81. The lowest BCUT2D eigenvalue weighted by Gasteiger charge is -2.34. The van der Waals surface area contributed by atoms with Crippen LogP contribution in [-0.4, -0.2) is 42.1 Å². The molecule has 14 heavy (non-hydrogen) atoms. The van der Waals surface area contributed by atoms with Crippen molar-refractivity contribution in [2.45, 2.75) is 31.4 Å². The monoisotopic (exact) mass is 220 g/mol. The van der Waals surface area contributed by atoms with Crippen LogP contribution in [0.15, 0.2) is 0 Å². The molecule has 0 radical (unpaired) electrons. The third-order valence-corrected chi connectivity index (χ3v) is 2.76. The number of rotatable bonds is 1. The molecule has 1 saturated heterocycles. The van der Waals surface area contributed by atoms with E-state index in [1.165, 1.54) is 0 Å². The Morgan fingerprint density at radius 2 is 2.21 bits per heavy atom. The van der Waals surface area contributed by atoms with Crippen molar-refractivity contribution in [3.63, 3.8) is 0 Å². The van der Waals surface area contributed by atoms with E-state index >= 15 is 0 Å². The molecule has 1 amide bonds. The molecule has 82 valence electrons. The molecule has 0 aromatic heterocycles. The van der Waals surface area contributed by atoms with Gasteiger partial charge in [0.25, 0.3) is 0 Å². The Morgan fingerprint density at radius 3 is 2.71 bits per heavy atom. The average molecular weight is 221 g/mol. The molecule has 2 fully saturated rings. The molecule has 4 nitrogen and oxygen atoms in total. The summed E-state index contributed by atoms with van der Waals surface area (Å²) < 4.78 is 5.60. The molecular formula is C9H17ClN2O2. The first kappa shape index (κ1) is 11.8. The number of carbonyl (C=O) groups is 1. The number of hydrogen-bond donors (Lipinski definition) is 1. The van der Waals surface area contributed by atoms with Crippen molar-refractivity contribution in [2.24, 2.45) is 5.73 Å². The summed E-state index contributed by atoms with van der Waals surface area (Å²) in [5.74, 6) is 0.0505. The Hall–Kier alpha value is -0.320. The zero-order chi connectivity index (χ0) is 9.47. The van der Waals surface area contributed by atoms with Crippen molar-refractivity contribution >= 4 is 18.3 Å². The first-order chi connectivity index (χ1) is 6.13. The third kappa shape index (κ3) is 2.19. The highest BCUT2D eigenvalue weighted by Crippen LogP contribution is 2.41. The second-order valence-electron chi connectivity index (χ2n) is 4.08. The van der Waals surface area contributed by atoms with Crippen molar-refractivity contribution in [3.8, 4) is 0 Å². The molecule has 1 spiro atoms. The number of halogens is 1. The molecule has 2 rings (SSSR count). The summed E-state index contributed by atoms with van der Waals surface area (Å²) in [5, 5.41) is 0. The average Bonchev–Trinajstić information content (AvgIpc) is 2.83. The van der Waals surface area contributed by atoms with Gasteiger partial charge < -0.3 is 15.4 Å². The molecule has 5 heteroatoms. The molecule has 0 bridgehead atoms. The van der Waals surface area contributed by atoms with Gasteiger partial charge in [0.05, 0.1) is 18.2 Å². The summed E-state index contributed by atoms with van der Waals surface area (Å²) in [5.41, 5.74) is 5.56. The van der Waals surface area contributed by atoms with Gasteiger partial charge in [0.1, 0.15) is 0 Å². The second kappa shape index (κ2) is 4.04. The van der Waals surface area contributed by atoms with Gasteiger partial charge in [0.15, 0.2) is 0 Å². The smallest absolute Gasteiger partial charge is 0.239 e. The van der Waals surface area contributed by atoms with Crippen LogP contribution < -0.4 is 5.73 Å². The minimum atomic E-state index is -0.381. The topological polar surface area (TPSA) is 55.6 Å². The number of nitrogens with zero attached hydrogens (tertiary/aromatic N) is 1. The number of nitrogens with two attached hydrogens (primary N) is 1. The molecule has 2 aliphatic rings. The lowest BCUT2D eigenvalue weighted by Crippen LogP contribution is -2.51. The van der Waals surface area contributed by atoms with E-state index in [9.17, 15) is 4.79 Å². The fraction of sp³-hybridized carbons (Fsp3) is 0.889. The minimum absolute atomic E-state index is 0. The van der Waals surface area contributed by atoms with Crippen molar-refractivity contribution < 1.29 is 9.53 Å². The Morgan fingerprint density at radius 1 is 1.57 bits per heavy atom. The van der Waals surface area contributed by atoms with E-state index in [2.05, 4.69) is 0 Å². The minimum Gasteiger partial charge on any atom is -0.371 e. The van der Waals surface area contributed by atoms with Crippen LogP contribution in [0.1, 0.15) is 19.8 Å². The molecule has 0 unspecified atom stereocenters. The maximum absolute atomic E-state index is 11.6. The van der Waals surface area contributed by atoms with Crippen LogP contribution >= 0.6 is 12.4 Å². The van der Waals surface area contributed by atoms with E-state index in [-0.39, 0.29) is 30.0 Å². The summed E-state index contributed by atoms with van der Waals surface area (Å²) in [6.07, 6.45) is 2.19. The van der Waals surface area contributed by atoms with E-state index in [4.69, 9.17) is 10.5 Å². The largest absolute Gasteiger partial charge is 0.371 e. The van der Waals surface area contributed by atoms with Gasteiger partial charge in [-0.15, -0.1) is 12.4 Å². The van der Waals surface area contributed by atoms with Crippen molar-refractivity contribution in [3.05, 3.63) is 0 Å². The summed E-state index contributed by atoms with van der Waals surface area (Å²) in [7, 11) is 0. The number of amides is 1. The standard InChI is InChI=1S/C9H16N2O2.ClH/c1-7(10)8(12)11-4-5-13-9(6-11)2-3-9;/h7H,2-6,10H2,1H3;1H/t7-;/m1./s1. The molecular weight excluding hydrogens is 204 g/mol. The van der Waals surface area contributed by atoms with Gasteiger partial charge in [-0.25, -0.2) is 0 Å². The van der Waals surface area contributed by atoms with Gasteiger partial charge in [-0.05, 0) is 19.8 Å². The molecule has 1 aliphatic carbocycles. The predicted molar refractivity (Wildman–Crippen MR) is 55.4 cm³/mol. The molecule has 1 heterocycles. The summed E-state index contributed by atoms with van der Waals surface area (Å²) in [6.45, 7) is 3.84. The van der Waals surface area contributed by atoms with Crippen LogP contribution in [0.2, 0.25) is 0 Å². The zero-order valence-corrected chi connectivity index (χ0v) is 9.18. The van der Waals surface area contributed by atoms with E-state index in [0.29, 0.717) is 13.2 Å². The quantitative estimate of drug-likeness (QED) is 0.685. The van der Waals surface area contributed by atoms with Gasteiger partial charge in [0.2, 0.25) is 5.91 Å². The number of carbonyl (C=O) groups excluding carboxylic acids is 1. The highest BCUT2D eigenvalue weighted by atomic mass is 35.5.